The van der Waals surface area contributed by atoms with E-state index in [2.05, 4.69) is 41.6 Å². The third-order valence-electron chi connectivity index (χ3n) is 4.19. The van der Waals surface area contributed by atoms with E-state index in [0.29, 0.717) is 0 Å². The molecule has 1 atom stereocenters. The highest BCUT2D eigenvalue weighted by molar-refractivity contribution is 5.47. The van der Waals surface area contributed by atoms with Gasteiger partial charge in [-0.25, -0.2) is 0 Å². The van der Waals surface area contributed by atoms with Gasteiger partial charge >= 0.3 is 0 Å². The Hall–Kier alpha value is -1.81. The SMILES string of the molecule is CCc1cc(C(NC)c2cccc3c2OCCC3)n(C)n1. The van der Waals surface area contributed by atoms with Gasteiger partial charge < -0.3 is 10.1 Å². The molecule has 1 aromatic heterocycles. The minimum absolute atomic E-state index is 0.107. The van der Waals surface area contributed by atoms with Crippen molar-refractivity contribution in [3.63, 3.8) is 0 Å². The van der Waals surface area contributed by atoms with Gasteiger partial charge in [0.15, 0.2) is 0 Å². The lowest BCUT2D eigenvalue weighted by Gasteiger charge is -2.25. The first-order chi connectivity index (χ1) is 10.2. The molecule has 0 fully saturated rings. The van der Waals surface area contributed by atoms with Crippen molar-refractivity contribution in [1.29, 1.82) is 0 Å². The minimum Gasteiger partial charge on any atom is -0.493 e. The van der Waals surface area contributed by atoms with Gasteiger partial charge in [0.25, 0.3) is 0 Å². The van der Waals surface area contributed by atoms with Gasteiger partial charge in [0.2, 0.25) is 0 Å². The van der Waals surface area contributed by atoms with Gasteiger partial charge in [0, 0.05) is 12.6 Å². The Bertz CT molecular complexity index is 633. The summed E-state index contributed by atoms with van der Waals surface area (Å²) in [6.07, 6.45) is 3.16. The lowest BCUT2D eigenvalue weighted by molar-refractivity contribution is 0.283. The average Bonchev–Trinajstić information content (AvgIpc) is 2.89. The molecule has 1 N–H and O–H groups in total. The molecule has 0 aliphatic carbocycles. The van der Waals surface area contributed by atoms with Gasteiger partial charge in [-0.3, -0.25) is 4.68 Å². The highest BCUT2D eigenvalue weighted by Crippen LogP contribution is 2.35. The highest BCUT2D eigenvalue weighted by atomic mass is 16.5. The van der Waals surface area contributed by atoms with E-state index in [1.54, 1.807) is 0 Å². The van der Waals surface area contributed by atoms with E-state index in [4.69, 9.17) is 4.74 Å². The fraction of sp³-hybridized carbons (Fsp3) is 0.471. The summed E-state index contributed by atoms with van der Waals surface area (Å²) < 4.78 is 7.94. The van der Waals surface area contributed by atoms with Crippen LogP contribution < -0.4 is 10.1 Å². The fourth-order valence-corrected chi connectivity index (χ4v) is 3.09. The number of para-hydroxylation sites is 1. The normalized spacial score (nSPS) is 15.4. The number of aromatic nitrogens is 2. The van der Waals surface area contributed by atoms with Crippen LogP contribution in [0, 0.1) is 0 Å². The molecule has 21 heavy (non-hydrogen) atoms. The summed E-state index contributed by atoms with van der Waals surface area (Å²) in [4.78, 5) is 0. The third-order valence-corrected chi connectivity index (χ3v) is 4.19. The number of nitrogens with one attached hydrogen (secondary N) is 1. The average molecular weight is 285 g/mol. The van der Waals surface area contributed by atoms with Crippen LogP contribution in [0.1, 0.15) is 41.9 Å². The maximum Gasteiger partial charge on any atom is 0.127 e. The van der Waals surface area contributed by atoms with Gasteiger partial charge in [-0.2, -0.15) is 5.10 Å². The van der Waals surface area contributed by atoms with Crippen molar-refractivity contribution in [3.8, 4) is 5.75 Å². The predicted molar refractivity (Wildman–Crippen MR) is 83.7 cm³/mol. The third kappa shape index (κ3) is 2.56. The minimum atomic E-state index is 0.107. The molecular formula is C17H23N3O. The monoisotopic (exact) mass is 285 g/mol. The van der Waals surface area contributed by atoms with Crippen LogP contribution in [0.15, 0.2) is 24.3 Å². The van der Waals surface area contributed by atoms with Crippen LogP contribution in [0.25, 0.3) is 0 Å². The Morgan fingerprint density at radius 2 is 2.29 bits per heavy atom. The Balaban J connectivity index is 2.06. The summed E-state index contributed by atoms with van der Waals surface area (Å²) in [5.74, 6) is 1.06. The molecule has 112 valence electrons. The smallest absolute Gasteiger partial charge is 0.127 e. The molecule has 4 heteroatoms. The van der Waals surface area contributed by atoms with Gasteiger partial charge in [0.1, 0.15) is 5.75 Å². The standard InChI is InChI=1S/C17H23N3O/c1-4-13-11-15(20(3)19-13)16(18-2)14-9-5-7-12-8-6-10-21-17(12)14/h5,7,9,11,16,18H,4,6,8,10H2,1-3H3. The van der Waals surface area contributed by atoms with Crippen molar-refractivity contribution >= 4 is 0 Å². The maximum atomic E-state index is 5.96. The van der Waals surface area contributed by atoms with Crippen molar-refractivity contribution in [1.82, 2.24) is 15.1 Å². The molecule has 2 heterocycles. The molecule has 1 aromatic carbocycles. The Kier molecular flexibility index (Phi) is 3.97. The second-order valence-corrected chi connectivity index (χ2v) is 5.55. The van der Waals surface area contributed by atoms with Crippen LogP contribution in [0.2, 0.25) is 0 Å². The Morgan fingerprint density at radius 3 is 3.00 bits per heavy atom. The zero-order valence-corrected chi connectivity index (χ0v) is 13.0. The fourth-order valence-electron chi connectivity index (χ4n) is 3.09. The molecule has 3 rings (SSSR count). The molecule has 2 aromatic rings. The first-order valence-electron chi connectivity index (χ1n) is 7.69. The number of fused-ring (bicyclic) bond motifs is 1. The largest absolute Gasteiger partial charge is 0.493 e. The van der Waals surface area contributed by atoms with Crippen molar-refractivity contribution in [3.05, 3.63) is 46.8 Å². The second kappa shape index (κ2) is 5.90. The molecule has 0 bridgehead atoms. The first kappa shape index (κ1) is 14.1. The number of nitrogens with zero attached hydrogens (tertiary/aromatic N) is 2. The van der Waals surface area contributed by atoms with Gasteiger partial charge in [0.05, 0.1) is 24.0 Å². The summed E-state index contributed by atoms with van der Waals surface area (Å²) in [6, 6.07) is 8.75. The molecule has 1 unspecified atom stereocenters. The molecular weight excluding hydrogens is 262 g/mol. The number of hydrogen-bond acceptors (Lipinski definition) is 3. The summed E-state index contributed by atoms with van der Waals surface area (Å²) in [5.41, 5.74) is 4.83. The van der Waals surface area contributed by atoms with E-state index in [9.17, 15) is 0 Å². The molecule has 0 saturated heterocycles. The van der Waals surface area contributed by atoms with Crippen LogP contribution in [0.4, 0.5) is 0 Å². The lowest BCUT2D eigenvalue weighted by atomic mass is 9.96. The molecule has 1 aliphatic heterocycles. The Labute approximate surface area is 126 Å². The van der Waals surface area contributed by atoms with Gasteiger partial charge in [-0.15, -0.1) is 0 Å². The van der Waals surface area contributed by atoms with E-state index < -0.39 is 0 Å². The lowest BCUT2D eigenvalue weighted by Crippen LogP contribution is -2.23. The van der Waals surface area contributed by atoms with E-state index in [0.717, 1.165) is 37.3 Å². The van der Waals surface area contributed by atoms with Crippen LogP contribution >= 0.6 is 0 Å². The topological polar surface area (TPSA) is 39.1 Å². The maximum absolute atomic E-state index is 5.96. The van der Waals surface area contributed by atoms with Crippen LogP contribution in [-0.2, 0) is 19.9 Å². The summed E-state index contributed by atoms with van der Waals surface area (Å²) in [5, 5.41) is 7.99. The number of hydrogen-bond donors (Lipinski definition) is 1. The molecule has 0 spiro atoms. The van der Waals surface area contributed by atoms with E-state index >= 15 is 0 Å². The van der Waals surface area contributed by atoms with Crippen LogP contribution in [0.5, 0.6) is 5.75 Å². The Morgan fingerprint density at radius 1 is 1.43 bits per heavy atom. The van der Waals surface area contributed by atoms with E-state index in [1.807, 2.05) is 18.8 Å². The number of rotatable bonds is 4. The zero-order valence-electron chi connectivity index (χ0n) is 13.0. The first-order valence-corrected chi connectivity index (χ1v) is 7.69. The predicted octanol–water partition coefficient (Wildman–Crippen LogP) is 2.62. The van der Waals surface area contributed by atoms with E-state index in [-0.39, 0.29) is 6.04 Å². The molecule has 0 radical (unpaired) electrons. The summed E-state index contributed by atoms with van der Waals surface area (Å²) in [7, 11) is 4.00. The summed E-state index contributed by atoms with van der Waals surface area (Å²) >= 11 is 0. The quantitative estimate of drug-likeness (QED) is 0.938. The van der Waals surface area contributed by atoms with Gasteiger partial charge in [-0.1, -0.05) is 25.1 Å². The van der Waals surface area contributed by atoms with Crippen LogP contribution in [-0.4, -0.2) is 23.4 Å². The van der Waals surface area contributed by atoms with Crippen LogP contribution in [0.3, 0.4) is 0 Å². The second-order valence-electron chi connectivity index (χ2n) is 5.55. The van der Waals surface area contributed by atoms with Crippen molar-refractivity contribution in [2.24, 2.45) is 7.05 Å². The van der Waals surface area contributed by atoms with E-state index in [1.165, 1.54) is 16.8 Å². The van der Waals surface area contributed by atoms with Crippen molar-refractivity contribution in [2.45, 2.75) is 32.2 Å². The molecule has 0 amide bonds. The molecule has 4 nitrogen and oxygen atoms in total. The number of ether oxygens (including phenoxy) is 1. The highest BCUT2D eigenvalue weighted by Gasteiger charge is 2.23. The van der Waals surface area contributed by atoms with Gasteiger partial charge in [-0.05, 0) is 37.9 Å². The van der Waals surface area contributed by atoms with Crippen molar-refractivity contribution < 1.29 is 4.74 Å². The summed E-state index contributed by atoms with van der Waals surface area (Å²) in [6.45, 7) is 2.94. The van der Waals surface area contributed by atoms with Crippen molar-refractivity contribution in [2.75, 3.05) is 13.7 Å². The zero-order chi connectivity index (χ0) is 14.8. The number of aryl methyl sites for hydroxylation is 3. The molecule has 0 saturated carbocycles. The molecule has 1 aliphatic rings. The number of benzene rings is 1.